The number of hydrogen-bond acceptors (Lipinski definition) is 3. The van der Waals surface area contributed by atoms with Gasteiger partial charge in [0.15, 0.2) is 0 Å². The second-order valence-corrected chi connectivity index (χ2v) is 3.84. The number of hydrogen-bond donors (Lipinski definition) is 0. The summed E-state index contributed by atoms with van der Waals surface area (Å²) in [6.45, 7) is 1.75. The molecular weight excluding hydrogens is 218 g/mol. The standard InChI is InChI=1S/C13H13NO3/c1-9-7-10-5-3-4-6-11(10)13(16)14(9)8-12(15)17-2/h3-7H,8H2,1-2H3. The predicted molar refractivity (Wildman–Crippen MR) is 65.0 cm³/mol. The van der Waals surface area contributed by atoms with Crippen LogP contribution in [0.3, 0.4) is 0 Å². The van der Waals surface area contributed by atoms with Gasteiger partial charge in [-0.1, -0.05) is 18.2 Å². The third-order valence-electron chi connectivity index (χ3n) is 2.74. The summed E-state index contributed by atoms with van der Waals surface area (Å²) in [5.41, 5.74) is 0.588. The second-order valence-electron chi connectivity index (χ2n) is 3.84. The summed E-state index contributed by atoms with van der Waals surface area (Å²) in [6, 6.07) is 9.21. The number of pyridine rings is 1. The molecule has 0 aliphatic carbocycles. The average molecular weight is 231 g/mol. The van der Waals surface area contributed by atoms with E-state index in [1.54, 1.807) is 13.0 Å². The zero-order chi connectivity index (χ0) is 12.4. The van der Waals surface area contributed by atoms with Gasteiger partial charge >= 0.3 is 5.97 Å². The smallest absolute Gasteiger partial charge is 0.325 e. The Hall–Kier alpha value is -2.10. The number of methoxy groups -OCH3 is 1. The molecule has 0 radical (unpaired) electrons. The predicted octanol–water partition coefficient (Wildman–Crippen LogP) is 1.48. The summed E-state index contributed by atoms with van der Waals surface area (Å²) >= 11 is 0. The molecule has 0 bridgehead atoms. The van der Waals surface area contributed by atoms with Crippen molar-refractivity contribution in [1.82, 2.24) is 4.57 Å². The zero-order valence-electron chi connectivity index (χ0n) is 9.77. The van der Waals surface area contributed by atoms with Crippen molar-refractivity contribution in [2.45, 2.75) is 13.5 Å². The minimum Gasteiger partial charge on any atom is -0.468 e. The number of carbonyl (C=O) groups is 1. The van der Waals surface area contributed by atoms with Crippen LogP contribution < -0.4 is 5.56 Å². The van der Waals surface area contributed by atoms with Crippen LogP contribution in [0.4, 0.5) is 0 Å². The van der Waals surface area contributed by atoms with Gasteiger partial charge in [0.2, 0.25) is 0 Å². The fraction of sp³-hybridized carbons (Fsp3) is 0.231. The van der Waals surface area contributed by atoms with E-state index in [2.05, 4.69) is 4.74 Å². The fourth-order valence-electron chi connectivity index (χ4n) is 1.82. The van der Waals surface area contributed by atoms with Crippen LogP contribution >= 0.6 is 0 Å². The van der Waals surface area contributed by atoms with Crippen LogP contribution in [0.2, 0.25) is 0 Å². The quantitative estimate of drug-likeness (QED) is 0.735. The minimum atomic E-state index is -0.425. The highest BCUT2D eigenvalue weighted by molar-refractivity contribution is 5.82. The molecule has 4 nitrogen and oxygen atoms in total. The van der Waals surface area contributed by atoms with Gasteiger partial charge in [0.05, 0.1) is 7.11 Å². The number of aryl methyl sites for hydroxylation is 1. The molecule has 0 fully saturated rings. The number of rotatable bonds is 2. The molecule has 1 aromatic heterocycles. The largest absolute Gasteiger partial charge is 0.468 e. The van der Waals surface area contributed by atoms with Crippen LogP contribution in [0.1, 0.15) is 5.69 Å². The molecule has 1 heterocycles. The molecule has 0 saturated carbocycles. The van der Waals surface area contributed by atoms with Gasteiger partial charge in [0.1, 0.15) is 6.54 Å². The maximum absolute atomic E-state index is 12.2. The topological polar surface area (TPSA) is 48.3 Å². The van der Waals surface area contributed by atoms with Crippen LogP contribution in [0.25, 0.3) is 10.8 Å². The van der Waals surface area contributed by atoms with Crippen molar-refractivity contribution in [2.75, 3.05) is 7.11 Å². The Labute approximate surface area is 98.4 Å². The van der Waals surface area contributed by atoms with Crippen LogP contribution in [0, 0.1) is 6.92 Å². The lowest BCUT2D eigenvalue weighted by Crippen LogP contribution is -2.26. The third kappa shape index (κ3) is 2.06. The van der Waals surface area contributed by atoms with E-state index in [-0.39, 0.29) is 12.1 Å². The molecule has 0 aliphatic rings. The summed E-state index contributed by atoms with van der Waals surface area (Å²) in [7, 11) is 1.31. The molecule has 1 aromatic carbocycles. The molecule has 0 spiro atoms. The first kappa shape index (κ1) is 11.4. The van der Waals surface area contributed by atoms with Gasteiger partial charge in [0.25, 0.3) is 5.56 Å². The number of benzene rings is 1. The van der Waals surface area contributed by atoms with Crippen LogP contribution in [0.15, 0.2) is 35.1 Å². The zero-order valence-corrected chi connectivity index (χ0v) is 9.77. The van der Waals surface area contributed by atoms with Crippen LogP contribution in [-0.2, 0) is 16.1 Å². The number of ether oxygens (including phenoxy) is 1. The van der Waals surface area contributed by atoms with Crippen molar-refractivity contribution < 1.29 is 9.53 Å². The van der Waals surface area contributed by atoms with E-state index in [0.717, 1.165) is 11.1 Å². The van der Waals surface area contributed by atoms with Gasteiger partial charge in [-0.3, -0.25) is 9.59 Å². The lowest BCUT2D eigenvalue weighted by Gasteiger charge is -2.10. The molecule has 0 atom stereocenters. The van der Waals surface area contributed by atoms with Crippen molar-refractivity contribution in [3.8, 4) is 0 Å². The number of fused-ring (bicyclic) bond motifs is 1. The van der Waals surface area contributed by atoms with E-state index in [0.29, 0.717) is 5.39 Å². The lowest BCUT2D eigenvalue weighted by molar-refractivity contribution is -0.141. The summed E-state index contributed by atoms with van der Waals surface area (Å²) in [4.78, 5) is 23.4. The number of esters is 1. The third-order valence-corrected chi connectivity index (χ3v) is 2.74. The fourth-order valence-corrected chi connectivity index (χ4v) is 1.82. The van der Waals surface area contributed by atoms with E-state index in [4.69, 9.17) is 0 Å². The monoisotopic (exact) mass is 231 g/mol. The highest BCUT2D eigenvalue weighted by Crippen LogP contribution is 2.11. The highest BCUT2D eigenvalue weighted by atomic mass is 16.5. The molecule has 0 saturated heterocycles. The maximum Gasteiger partial charge on any atom is 0.325 e. The lowest BCUT2D eigenvalue weighted by atomic mass is 10.1. The molecule has 2 rings (SSSR count). The van der Waals surface area contributed by atoms with Crippen molar-refractivity contribution in [3.63, 3.8) is 0 Å². The number of aromatic nitrogens is 1. The van der Waals surface area contributed by atoms with Crippen molar-refractivity contribution in [3.05, 3.63) is 46.4 Å². The second kappa shape index (κ2) is 4.41. The first-order valence-corrected chi connectivity index (χ1v) is 5.29. The average Bonchev–Trinajstić information content (AvgIpc) is 2.34. The van der Waals surface area contributed by atoms with Gasteiger partial charge < -0.3 is 9.30 Å². The Balaban J connectivity index is 2.64. The Bertz CT molecular complexity index is 628. The summed E-state index contributed by atoms with van der Waals surface area (Å²) in [5.74, 6) is -0.425. The normalized spacial score (nSPS) is 10.5. The molecule has 0 unspecified atom stereocenters. The Kier molecular flexibility index (Phi) is 2.95. The SMILES string of the molecule is COC(=O)Cn1c(C)cc2ccccc2c1=O. The van der Waals surface area contributed by atoms with E-state index in [9.17, 15) is 9.59 Å². The van der Waals surface area contributed by atoms with Gasteiger partial charge in [-0.15, -0.1) is 0 Å². The summed E-state index contributed by atoms with van der Waals surface area (Å²) in [5, 5.41) is 1.50. The van der Waals surface area contributed by atoms with E-state index in [1.807, 2.05) is 24.3 Å². The molecule has 2 aromatic rings. The van der Waals surface area contributed by atoms with Crippen LogP contribution in [0.5, 0.6) is 0 Å². The summed E-state index contributed by atoms with van der Waals surface area (Å²) in [6.07, 6.45) is 0. The molecule has 88 valence electrons. The molecule has 0 aliphatic heterocycles. The van der Waals surface area contributed by atoms with Gasteiger partial charge in [-0.25, -0.2) is 0 Å². The Morgan fingerprint density at radius 1 is 1.35 bits per heavy atom. The Morgan fingerprint density at radius 2 is 2.06 bits per heavy atom. The first-order chi connectivity index (χ1) is 8.13. The molecule has 17 heavy (non-hydrogen) atoms. The summed E-state index contributed by atoms with van der Waals surface area (Å²) < 4.78 is 6.00. The van der Waals surface area contributed by atoms with Gasteiger partial charge in [-0.2, -0.15) is 0 Å². The van der Waals surface area contributed by atoms with E-state index in [1.165, 1.54) is 11.7 Å². The minimum absolute atomic E-state index is 0.0496. The molecular formula is C13H13NO3. The first-order valence-electron chi connectivity index (χ1n) is 5.29. The Morgan fingerprint density at radius 3 is 2.76 bits per heavy atom. The van der Waals surface area contributed by atoms with Crippen molar-refractivity contribution >= 4 is 16.7 Å². The maximum atomic E-state index is 12.2. The van der Waals surface area contributed by atoms with E-state index < -0.39 is 5.97 Å². The molecule has 4 heteroatoms. The van der Waals surface area contributed by atoms with Crippen LogP contribution in [-0.4, -0.2) is 17.6 Å². The van der Waals surface area contributed by atoms with Gasteiger partial charge in [-0.05, 0) is 24.4 Å². The molecule has 0 N–H and O–H groups in total. The number of nitrogens with zero attached hydrogens (tertiary/aromatic N) is 1. The highest BCUT2D eigenvalue weighted by Gasteiger charge is 2.09. The number of carbonyl (C=O) groups excluding carboxylic acids is 1. The van der Waals surface area contributed by atoms with Gasteiger partial charge in [0, 0.05) is 11.1 Å². The van der Waals surface area contributed by atoms with Crippen molar-refractivity contribution in [2.24, 2.45) is 0 Å². The van der Waals surface area contributed by atoms with Crippen molar-refractivity contribution in [1.29, 1.82) is 0 Å². The van der Waals surface area contributed by atoms with E-state index >= 15 is 0 Å². The molecule has 0 amide bonds.